The molecule has 78 valence electrons. The molecule has 0 aliphatic rings. The van der Waals surface area contributed by atoms with Crippen LogP contribution in [0.3, 0.4) is 0 Å². The smallest absolute Gasteiger partial charge is 0.115 e. The first-order valence-electron chi connectivity index (χ1n) is 5.17. The van der Waals surface area contributed by atoms with Crippen LogP contribution in [-0.2, 0) is 6.42 Å². The molecule has 1 rings (SSSR count). The van der Waals surface area contributed by atoms with Crippen LogP contribution in [0, 0.1) is 0 Å². The Balaban J connectivity index is 2.92. The van der Waals surface area contributed by atoms with Crippen LogP contribution < -0.4 is 0 Å². The second kappa shape index (κ2) is 5.05. The fourth-order valence-corrected chi connectivity index (χ4v) is 1.61. The van der Waals surface area contributed by atoms with E-state index in [9.17, 15) is 5.11 Å². The van der Waals surface area contributed by atoms with Gasteiger partial charge in [-0.1, -0.05) is 13.8 Å². The molecule has 1 aromatic heterocycles. The minimum atomic E-state index is -0.348. The number of hydrogen-bond donors (Lipinski definition) is 1. The zero-order valence-corrected chi connectivity index (χ0v) is 9.07. The maximum atomic E-state index is 9.57. The lowest BCUT2D eigenvalue weighted by atomic mass is 9.96. The number of rotatable bonds is 4. The van der Waals surface area contributed by atoms with Crippen molar-refractivity contribution in [3.8, 4) is 0 Å². The number of nitrogens with zero attached hydrogens (tertiary/aromatic N) is 2. The van der Waals surface area contributed by atoms with E-state index in [1.165, 1.54) is 0 Å². The Morgan fingerprint density at radius 1 is 1.36 bits per heavy atom. The Labute approximate surface area is 85.2 Å². The molecule has 0 aliphatic carbocycles. The molecule has 1 heterocycles. The molecule has 0 amide bonds. The summed E-state index contributed by atoms with van der Waals surface area (Å²) >= 11 is 0. The molecule has 3 heteroatoms. The van der Waals surface area contributed by atoms with Crippen LogP contribution in [0.5, 0.6) is 0 Å². The molecule has 0 spiro atoms. The molecule has 0 saturated carbocycles. The van der Waals surface area contributed by atoms with Crippen molar-refractivity contribution >= 4 is 0 Å². The van der Waals surface area contributed by atoms with Crippen LogP contribution >= 0.6 is 0 Å². The standard InChI is InChI=1S/C11H18N2O/c1-4-9-6-11(13-7-12-9)10(5-2)8(3)14/h6-8,10,14H,4-5H2,1-3H3. The van der Waals surface area contributed by atoms with Crippen molar-refractivity contribution in [2.24, 2.45) is 0 Å². The van der Waals surface area contributed by atoms with E-state index < -0.39 is 0 Å². The maximum absolute atomic E-state index is 9.57. The molecule has 0 saturated heterocycles. The fourth-order valence-electron chi connectivity index (χ4n) is 1.61. The molecule has 0 bridgehead atoms. The molecule has 2 atom stereocenters. The minimum absolute atomic E-state index is 0.128. The first-order chi connectivity index (χ1) is 6.69. The van der Waals surface area contributed by atoms with Gasteiger partial charge >= 0.3 is 0 Å². The Bertz CT molecular complexity index is 286. The van der Waals surface area contributed by atoms with E-state index in [4.69, 9.17) is 0 Å². The van der Waals surface area contributed by atoms with Crippen LogP contribution in [0.15, 0.2) is 12.4 Å². The van der Waals surface area contributed by atoms with Crippen LogP contribution in [0.2, 0.25) is 0 Å². The Kier molecular flexibility index (Phi) is 4.01. The summed E-state index contributed by atoms with van der Waals surface area (Å²) in [5, 5.41) is 9.57. The molecular weight excluding hydrogens is 176 g/mol. The summed E-state index contributed by atoms with van der Waals surface area (Å²) in [7, 11) is 0. The van der Waals surface area contributed by atoms with Crippen LogP contribution in [0.4, 0.5) is 0 Å². The highest BCUT2D eigenvalue weighted by molar-refractivity contribution is 5.13. The summed E-state index contributed by atoms with van der Waals surface area (Å²) in [5.41, 5.74) is 1.99. The van der Waals surface area contributed by atoms with E-state index in [-0.39, 0.29) is 12.0 Å². The quantitative estimate of drug-likeness (QED) is 0.796. The lowest BCUT2D eigenvalue weighted by Gasteiger charge is -2.17. The number of aromatic nitrogens is 2. The second-order valence-corrected chi connectivity index (χ2v) is 3.54. The highest BCUT2D eigenvalue weighted by atomic mass is 16.3. The average molecular weight is 194 g/mol. The van der Waals surface area contributed by atoms with Gasteiger partial charge in [-0.2, -0.15) is 0 Å². The number of aryl methyl sites for hydroxylation is 1. The van der Waals surface area contributed by atoms with Crippen molar-refractivity contribution in [1.29, 1.82) is 0 Å². The third-order valence-electron chi connectivity index (χ3n) is 2.51. The van der Waals surface area contributed by atoms with Crippen molar-refractivity contribution in [2.45, 2.75) is 45.6 Å². The first-order valence-corrected chi connectivity index (χ1v) is 5.17. The van der Waals surface area contributed by atoms with Crippen molar-refractivity contribution in [1.82, 2.24) is 9.97 Å². The molecule has 1 N–H and O–H groups in total. The van der Waals surface area contributed by atoms with Crippen LogP contribution in [0.25, 0.3) is 0 Å². The van der Waals surface area contributed by atoms with Gasteiger partial charge in [-0.15, -0.1) is 0 Å². The van der Waals surface area contributed by atoms with E-state index in [1.807, 2.05) is 13.0 Å². The summed E-state index contributed by atoms with van der Waals surface area (Å²) in [6, 6.07) is 1.99. The topological polar surface area (TPSA) is 46.0 Å². The van der Waals surface area contributed by atoms with Crippen molar-refractivity contribution in [2.75, 3.05) is 0 Å². The zero-order valence-electron chi connectivity index (χ0n) is 9.07. The Morgan fingerprint density at radius 3 is 2.57 bits per heavy atom. The summed E-state index contributed by atoms with van der Waals surface area (Å²) in [6.07, 6.45) is 3.04. The van der Waals surface area contributed by atoms with Gasteiger partial charge in [-0.25, -0.2) is 9.97 Å². The molecule has 0 fully saturated rings. The molecule has 14 heavy (non-hydrogen) atoms. The Hall–Kier alpha value is -0.960. The summed E-state index contributed by atoms with van der Waals surface area (Å²) in [4.78, 5) is 8.35. The average Bonchev–Trinajstić information content (AvgIpc) is 2.19. The van der Waals surface area contributed by atoms with Gasteiger partial charge in [0.1, 0.15) is 6.33 Å². The van der Waals surface area contributed by atoms with Gasteiger partial charge in [0.2, 0.25) is 0 Å². The predicted molar refractivity (Wildman–Crippen MR) is 56.1 cm³/mol. The van der Waals surface area contributed by atoms with Crippen molar-refractivity contribution < 1.29 is 5.11 Å². The normalized spacial score (nSPS) is 15.1. The summed E-state index contributed by atoms with van der Waals surface area (Å²) < 4.78 is 0. The fraction of sp³-hybridized carbons (Fsp3) is 0.636. The summed E-state index contributed by atoms with van der Waals surface area (Å²) in [5.74, 6) is 0.128. The van der Waals surface area contributed by atoms with E-state index in [2.05, 4.69) is 23.8 Å². The molecular formula is C11H18N2O. The number of aliphatic hydroxyl groups is 1. The van der Waals surface area contributed by atoms with E-state index in [0.717, 1.165) is 24.2 Å². The molecule has 0 radical (unpaired) electrons. The van der Waals surface area contributed by atoms with Gasteiger partial charge < -0.3 is 5.11 Å². The monoisotopic (exact) mass is 194 g/mol. The van der Waals surface area contributed by atoms with Crippen LogP contribution in [-0.4, -0.2) is 21.2 Å². The molecule has 0 aliphatic heterocycles. The SMILES string of the molecule is CCc1cc(C(CC)C(C)O)ncn1. The largest absolute Gasteiger partial charge is 0.393 e. The predicted octanol–water partition coefficient (Wildman–Crippen LogP) is 1.91. The Morgan fingerprint density at radius 2 is 2.07 bits per heavy atom. The highest BCUT2D eigenvalue weighted by Crippen LogP contribution is 2.21. The van der Waals surface area contributed by atoms with Gasteiger partial charge in [0.25, 0.3) is 0 Å². The van der Waals surface area contributed by atoms with Crippen molar-refractivity contribution in [3.63, 3.8) is 0 Å². The first kappa shape index (κ1) is 11.1. The highest BCUT2D eigenvalue weighted by Gasteiger charge is 2.16. The van der Waals surface area contributed by atoms with Gasteiger partial charge in [0.15, 0.2) is 0 Å². The number of aliphatic hydroxyl groups excluding tert-OH is 1. The third-order valence-corrected chi connectivity index (χ3v) is 2.51. The lowest BCUT2D eigenvalue weighted by molar-refractivity contribution is 0.158. The van der Waals surface area contributed by atoms with E-state index in [0.29, 0.717) is 0 Å². The van der Waals surface area contributed by atoms with Crippen LogP contribution in [0.1, 0.15) is 44.5 Å². The third kappa shape index (κ3) is 2.51. The molecule has 3 nitrogen and oxygen atoms in total. The lowest BCUT2D eigenvalue weighted by Crippen LogP contribution is -2.15. The van der Waals surface area contributed by atoms with Gasteiger partial charge in [0, 0.05) is 17.3 Å². The maximum Gasteiger partial charge on any atom is 0.115 e. The zero-order chi connectivity index (χ0) is 10.6. The molecule has 1 aromatic rings. The van der Waals surface area contributed by atoms with E-state index in [1.54, 1.807) is 6.33 Å². The van der Waals surface area contributed by atoms with Crippen molar-refractivity contribution in [3.05, 3.63) is 23.8 Å². The minimum Gasteiger partial charge on any atom is -0.393 e. The second-order valence-electron chi connectivity index (χ2n) is 3.54. The van der Waals surface area contributed by atoms with Gasteiger partial charge in [0.05, 0.1) is 6.10 Å². The van der Waals surface area contributed by atoms with Gasteiger partial charge in [-0.05, 0) is 25.8 Å². The molecule has 0 aromatic carbocycles. The number of hydrogen-bond acceptors (Lipinski definition) is 3. The molecule has 2 unspecified atom stereocenters. The van der Waals surface area contributed by atoms with Gasteiger partial charge in [-0.3, -0.25) is 0 Å². The summed E-state index contributed by atoms with van der Waals surface area (Å²) in [6.45, 7) is 5.93. The van der Waals surface area contributed by atoms with E-state index >= 15 is 0 Å².